The summed E-state index contributed by atoms with van der Waals surface area (Å²) in [6.07, 6.45) is 1.95. The molecule has 0 spiro atoms. The van der Waals surface area contributed by atoms with E-state index in [2.05, 4.69) is 10.2 Å². The van der Waals surface area contributed by atoms with Gasteiger partial charge < -0.3 is 14.5 Å². The van der Waals surface area contributed by atoms with Crippen LogP contribution in [0.4, 0.5) is 10.5 Å². The quantitative estimate of drug-likeness (QED) is 0.746. The minimum absolute atomic E-state index is 0.0797. The molecule has 2 aromatic rings. The van der Waals surface area contributed by atoms with Crippen LogP contribution in [-0.4, -0.2) is 61.6 Å². The molecule has 1 fully saturated rings. The third-order valence-corrected chi connectivity index (χ3v) is 5.01. The van der Waals surface area contributed by atoms with Gasteiger partial charge in [-0.15, -0.1) is 0 Å². The van der Waals surface area contributed by atoms with Gasteiger partial charge in [0, 0.05) is 38.8 Å². The molecule has 0 aromatic heterocycles. The number of carbonyl (C=O) groups is 2. The van der Waals surface area contributed by atoms with Crippen molar-refractivity contribution in [3.05, 3.63) is 54.6 Å². The lowest BCUT2D eigenvalue weighted by Crippen LogP contribution is -2.41. The molecule has 0 unspecified atom stereocenters. The van der Waals surface area contributed by atoms with Gasteiger partial charge in [0.25, 0.3) is 0 Å². The number of hydrogen-bond donors (Lipinski definition) is 1. The summed E-state index contributed by atoms with van der Waals surface area (Å²) in [6.45, 7) is 3.29. The number of likely N-dealkylation sites (tertiary alicyclic amines) is 1. The molecule has 0 bridgehead atoms. The minimum Gasteiger partial charge on any atom is -0.446 e. The Morgan fingerprint density at radius 1 is 1.14 bits per heavy atom. The second-order valence-electron chi connectivity index (χ2n) is 7.07. The summed E-state index contributed by atoms with van der Waals surface area (Å²) in [4.78, 5) is 27.0. The number of amides is 2. The number of benzene rings is 2. The molecule has 6 heteroatoms. The topological polar surface area (TPSA) is 61.9 Å². The van der Waals surface area contributed by atoms with Crippen molar-refractivity contribution in [2.75, 3.05) is 38.5 Å². The molecule has 6 nitrogen and oxygen atoms in total. The first kappa shape index (κ1) is 19.9. The number of nitrogens with zero attached hydrogens (tertiary/aromatic N) is 2. The van der Waals surface area contributed by atoms with Crippen LogP contribution in [0.15, 0.2) is 54.6 Å². The van der Waals surface area contributed by atoms with Crippen molar-refractivity contribution in [3.8, 4) is 11.1 Å². The van der Waals surface area contributed by atoms with E-state index in [-0.39, 0.29) is 6.10 Å². The van der Waals surface area contributed by atoms with Crippen molar-refractivity contribution in [2.24, 2.45) is 0 Å². The van der Waals surface area contributed by atoms with Crippen LogP contribution >= 0.6 is 0 Å². The predicted octanol–water partition coefficient (Wildman–Crippen LogP) is 3.45. The molecule has 0 aliphatic carbocycles. The lowest BCUT2D eigenvalue weighted by molar-refractivity contribution is -0.117. The van der Waals surface area contributed by atoms with E-state index in [0.717, 1.165) is 55.7 Å². The number of nitrogens with one attached hydrogen (secondary N) is 1. The average Bonchev–Trinajstić information content (AvgIpc) is 2.74. The summed E-state index contributed by atoms with van der Waals surface area (Å²) >= 11 is 0. The molecule has 0 saturated carbocycles. The zero-order valence-electron chi connectivity index (χ0n) is 16.2. The maximum absolute atomic E-state index is 12.4. The summed E-state index contributed by atoms with van der Waals surface area (Å²) in [7, 11) is 1.78. The van der Waals surface area contributed by atoms with Crippen molar-refractivity contribution in [2.45, 2.75) is 18.9 Å². The van der Waals surface area contributed by atoms with Gasteiger partial charge in [0.15, 0.2) is 0 Å². The Kier molecular flexibility index (Phi) is 7.03. The predicted molar refractivity (Wildman–Crippen MR) is 110 cm³/mol. The smallest absolute Gasteiger partial charge is 0.411 e. The fourth-order valence-corrected chi connectivity index (χ4v) is 3.35. The highest BCUT2D eigenvalue weighted by atomic mass is 16.6. The first-order chi connectivity index (χ1) is 13.7. The fourth-order valence-electron chi connectivity index (χ4n) is 3.35. The van der Waals surface area contributed by atoms with E-state index in [1.807, 2.05) is 54.6 Å². The van der Waals surface area contributed by atoms with E-state index < -0.39 is 6.09 Å². The van der Waals surface area contributed by atoms with Gasteiger partial charge in [-0.25, -0.2) is 4.79 Å². The van der Waals surface area contributed by atoms with Crippen molar-refractivity contribution >= 4 is 18.2 Å². The Labute approximate surface area is 166 Å². The van der Waals surface area contributed by atoms with Gasteiger partial charge in [-0.05, 0) is 24.5 Å². The summed E-state index contributed by atoms with van der Waals surface area (Å²) in [6, 6.07) is 17.7. The van der Waals surface area contributed by atoms with E-state index in [9.17, 15) is 9.59 Å². The second-order valence-corrected chi connectivity index (χ2v) is 7.07. The molecule has 148 valence electrons. The van der Waals surface area contributed by atoms with Gasteiger partial charge in [-0.3, -0.25) is 10.1 Å². The number of hydrogen-bond acceptors (Lipinski definition) is 4. The summed E-state index contributed by atoms with van der Waals surface area (Å²) in [5.41, 5.74) is 2.76. The molecule has 1 aliphatic rings. The average molecular weight is 381 g/mol. The van der Waals surface area contributed by atoms with Crippen molar-refractivity contribution in [3.63, 3.8) is 0 Å². The Bertz CT molecular complexity index is 774. The number of carbonyl (C=O) groups excluding carboxylic acids is 2. The monoisotopic (exact) mass is 381 g/mol. The molecule has 3 rings (SSSR count). The van der Waals surface area contributed by atoms with Crippen LogP contribution in [-0.2, 0) is 9.53 Å². The van der Waals surface area contributed by atoms with E-state index >= 15 is 0 Å². The standard InChI is InChI=1S/C22H27N3O3/c1-24(17-26)15-16-25-13-11-19(12-14-25)28-22(27)23-21-10-6-5-9-20(21)18-7-3-2-4-8-18/h2-10,17,19H,11-16H2,1H3,(H,23,27). The third kappa shape index (κ3) is 5.57. The van der Waals surface area contributed by atoms with E-state index in [1.165, 1.54) is 0 Å². The third-order valence-electron chi connectivity index (χ3n) is 5.01. The Balaban J connectivity index is 1.50. The van der Waals surface area contributed by atoms with Gasteiger partial charge in [0.1, 0.15) is 6.10 Å². The largest absolute Gasteiger partial charge is 0.446 e. The number of rotatable bonds is 7. The minimum atomic E-state index is -0.414. The molecular formula is C22H27N3O3. The van der Waals surface area contributed by atoms with Crippen LogP contribution in [0.25, 0.3) is 11.1 Å². The molecule has 1 aliphatic heterocycles. The van der Waals surface area contributed by atoms with Crippen molar-refractivity contribution < 1.29 is 14.3 Å². The molecule has 1 saturated heterocycles. The molecule has 1 heterocycles. The van der Waals surface area contributed by atoms with Crippen LogP contribution in [0.1, 0.15) is 12.8 Å². The number of anilines is 1. The maximum Gasteiger partial charge on any atom is 0.411 e. The van der Waals surface area contributed by atoms with Crippen LogP contribution in [0.2, 0.25) is 0 Å². The van der Waals surface area contributed by atoms with Crippen LogP contribution in [0.3, 0.4) is 0 Å². The molecule has 2 aromatic carbocycles. The molecule has 28 heavy (non-hydrogen) atoms. The molecule has 0 atom stereocenters. The van der Waals surface area contributed by atoms with Gasteiger partial charge in [0.05, 0.1) is 5.69 Å². The van der Waals surface area contributed by atoms with Crippen LogP contribution in [0.5, 0.6) is 0 Å². The molecule has 0 radical (unpaired) electrons. The lowest BCUT2D eigenvalue weighted by Gasteiger charge is -2.32. The lowest BCUT2D eigenvalue weighted by atomic mass is 10.0. The summed E-state index contributed by atoms with van der Waals surface area (Å²) < 4.78 is 5.64. The highest BCUT2D eigenvalue weighted by Crippen LogP contribution is 2.27. The Morgan fingerprint density at radius 2 is 1.82 bits per heavy atom. The van der Waals surface area contributed by atoms with Crippen LogP contribution in [0, 0.1) is 0 Å². The zero-order valence-corrected chi connectivity index (χ0v) is 16.2. The van der Waals surface area contributed by atoms with Gasteiger partial charge in [0.2, 0.25) is 6.41 Å². The highest BCUT2D eigenvalue weighted by molar-refractivity contribution is 5.91. The molecular weight excluding hydrogens is 354 g/mol. The Morgan fingerprint density at radius 3 is 2.54 bits per heavy atom. The molecule has 1 N–H and O–H groups in total. The first-order valence-corrected chi connectivity index (χ1v) is 9.65. The van der Waals surface area contributed by atoms with Gasteiger partial charge >= 0.3 is 6.09 Å². The first-order valence-electron chi connectivity index (χ1n) is 9.65. The highest BCUT2D eigenvalue weighted by Gasteiger charge is 2.22. The fraction of sp³-hybridized carbons (Fsp3) is 0.364. The Hall–Kier alpha value is -2.86. The van der Waals surface area contributed by atoms with E-state index in [1.54, 1.807) is 11.9 Å². The summed E-state index contributed by atoms with van der Waals surface area (Å²) in [5.74, 6) is 0. The van der Waals surface area contributed by atoms with E-state index in [0.29, 0.717) is 6.54 Å². The number of ether oxygens (including phenoxy) is 1. The normalized spacial score (nSPS) is 15.0. The van der Waals surface area contributed by atoms with Gasteiger partial charge in [-0.2, -0.15) is 0 Å². The number of para-hydroxylation sites is 1. The molecule has 2 amide bonds. The van der Waals surface area contributed by atoms with E-state index in [4.69, 9.17) is 4.74 Å². The zero-order chi connectivity index (χ0) is 19.8. The van der Waals surface area contributed by atoms with Crippen molar-refractivity contribution in [1.29, 1.82) is 0 Å². The number of piperidine rings is 1. The number of likely N-dealkylation sites (N-methyl/N-ethyl adjacent to an activating group) is 1. The van der Waals surface area contributed by atoms with Crippen molar-refractivity contribution in [1.82, 2.24) is 9.80 Å². The summed E-state index contributed by atoms with van der Waals surface area (Å²) in [5, 5.41) is 2.89. The SMILES string of the molecule is CN(C=O)CCN1CCC(OC(=O)Nc2ccccc2-c2ccccc2)CC1. The second kappa shape index (κ2) is 9.90. The van der Waals surface area contributed by atoms with Crippen LogP contribution < -0.4 is 5.32 Å². The maximum atomic E-state index is 12.4. The van der Waals surface area contributed by atoms with Gasteiger partial charge in [-0.1, -0.05) is 48.5 Å².